The Labute approximate surface area is 96.4 Å². The highest BCUT2D eigenvalue weighted by Gasteiger charge is 2.01. The van der Waals surface area contributed by atoms with Gasteiger partial charge < -0.3 is 10.6 Å². The summed E-state index contributed by atoms with van der Waals surface area (Å²) in [7, 11) is 0. The van der Waals surface area contributed by atoms with Gasteiger partial charge in [0.25, 0.3) is 0 Å². The Hall–Kier alpha value is -1.14. The minimum absolute atomic E-state index is 0.0250. The van der Waals surface area contributed by atoms with Gasteiger partial charge >= 0.3 is 0 Å². The van der Waals surface area contributed by atoms with Gasteiger partial charge in [0, 0.05) is 20.0 Å². The summed E-state index contributed by atoms with van der Waals surface area (Å²) in [6.45, 7) is 2.39. The Morgan fingerprint density at radius 1 is 1.20 bits per heavy atom. The molecule has 1 amide bonds. The topological polar surface area (TPSA) is 79.8 Å². The smallest absolute Gasteiger partial charge is 0.228 e. The number of hydrogen-bond acceptors (Lipinski definition) is 5. The fourth-order valence-corrected chi connectivity index (χ4v) is 1.18. The average molecular weight is 250 g/mol. The quantitative estimate of drug-likeness (QED) is 0.770. The molecule has 6 nitrogen and oxygen atoms in total. The van der Waals surface area contributed by atoms with Crippen molar-refractivity contribution in [2.45, 2.75) is 6.92 Å². The summed E-state index contributed by atoms with van der Waals surface area (Å²) >= 11 is 11.1. The third kappa shape index (κ3) is 4.75. The molecule has 0 radical (unpaired) electrons. The van der Waals surface area contributed by atoms with Gasteiger partial charge in [-0.05, 0) is 23.2 Å². The molecule has 82 valence electrons. The van der Waals surface area contributed by atoms with Gasteiger partial charge in [-0.2, -0.15) is 15.0 Å². The van der Waals surface area contributed by atoms with Gasteiger partial charge in [0.15, 0.2) is 0 Å². The first-order chi connectivity index (χ1) is 7.08. The molecule has 0 bridgehead atoms. The lowest BCUT2D eigenvalue weighted by atomic mass is 10.6. The number of aromatic nitrogens is 3. The van der Waals surface area contributed by atoms with Gasteiger partial charge in [-0.25, -0.2) is 0 Å². The van der Waals surface area contributed by atoms with Crippen molar-refractivity contribution in [3.63, 3.8) is 0 Å². The molecule has 0 fully saturated rings. The highest BCUT2D eigenvalue weighted by Crippen LogP contribution is 2.08. The second-order valence-electron chi connectivity index (χ2n) is 2.61. The first-order valence-electron chi connectivity index (χ1n) is 4.13. The Bertz CT molecular complexity index is 339. The highest BCUT2D eigenvalue weighted by molar-refractivity contribution is 6.31. The van der Waals surface area contributed by atoms with Crippen LogP contribution in [0.2, 0.25) is 10.6 Å². The van der Waals surface area contributed by atoms with Gasteiger partial charge in [-0.3, -0.25) is 4.79 Å². The second-order valence-corrected chi connectivity index (χ2v) is 3.28. The number of hydrogen-bond donors (Lipinski definition) is 2. The van der Waals surface area contributed by atoms with E-state index < -0.39 is 0 Å². The zero-order valence-electron chi connectivity index (χ0n) is 7.92. The van der Waals surface area contributed by atoms with E-state index in [2.05, 4.69) is 25.6 Å². The van der Waals surface area contributed by atoms with E-state index in [-0.39, 0.29) is 22.4 Å². The maximum Gasteiger partial charge on any atom is 0.228 e. The number of amides is 1. The predicted molar refractivity (Wildman–Crippen MR) is 57.0 cm³/mol. The van der Waals surface area contributed by atoms with Gasteiger partial charge in [-0.15, -0.1) is 0 Å². The molecule has 0 saturated heterocycles. The molecule has 0 aliphatic rings. The first-order valence-corrected chi connectivity index (χ1v) is 4.89. The first kappa shape index (κ1) is 11.9. The molecule has 1 aromatic heterocycles. The van der Waals surface area contributed by atoms with Crippen LogP contribution in [0.15, 0.2) is 0 Å². The van der Waals surface area contributed by atoms with Crippen molar-refractivity contribution in [3.8, 4) is 0 Å². The van der Waals surface area contributed by atoms with E-state index in [1.165, 1.54) is 6.92 Å². The molecular weight excluding hydrogens is 241 g/mol. The van der Waals surface area contributed by atoms with E-state index >= 15 is 0 Å². The number of carbonyl (C=O) groups is 1. The Kier molecular flexibility index (Phi) is 4.51. The number of carbonyl (C=O) groups excluding carboxylic acids is 1. The molecule has 1 aromatic rings. The Morgan fingerprint density at radius 2 is 1.80 bits per heavy atom. The van der Waals surface area contributed by atoms with Crippen LogP contribution < -0.4 is 10.6 Å². The summed E-state index contributed by atoms with van der Waals surface area (Å²) in [5.41, 5.74) is 0. The van der Waals surface area contributed by atoms with Crippen molar-refractivity contribution in [2.75, 3.05) is 18.4 Å². The monoisotopic (exact) mass is 249 g/mol. The maximum atomic E-state index is 10.5. The summed E-state index contributed by atoms with van der Waals surface area (Å²) < 4.78 is 0. The number of nitrogens with zero attached hydrogens (tertiary/aromatic N) is 3. The van der Waals surface area contributed by atoms with Gasteiger partial charge in [0.05, 0.1) is 0 Å². The van der Waals surface area contributed by atoms with Crippen LogP contribution >= 0.6 is 23.2 Å². The summed E-state index contributed by atoms with van der Waals surface area (Å²) in [5, 5.41) is 5.49. The molecule has 1 heterocycles. The molecule has 0 aliphatic carbocycles. The SMILES string of the molecule is CC(=O)NCCNc1nc(Cl)nc(Cl)n1. The fraction of sp³-hybridized carbons (Fsp3) is 0.429. The molecule has 2 N–H and O–H groups in total. The fourth-order valence-electron chi connectivity index (χ4n) is 0.818. The molecule has 1 rings (SSSR count). The number of anilines is 1. The summed E-state index contributed by atoms with van der Waals surface area (Å²) in [6.07, 6.45) is 0. The van der Waals surface area contributed by atoms with E-state index in [9.17, 15) is 4.79 Å². The van der Waals surface area contributed by atoms with Crippen LogP contribution in [0.3, 0.4) is 0 Å². The summed E-state index contributed by atoms with van der Waals surface area (Å²) in [4.78, 5) is 21.7. The molecule has 0 spiro atoms. The third-order valence-corrected chi connectivity index (χ3v) is 1.70. The summed E-state index contributed by atoms with van der Waals surface area (Å²) in [6, 6.07) is 0. The maximum absolute atomic E-state index is 10.5. The molecule has 15 heavy (non-hydrogen) atoms. The lowest BCUT2D eigenvalue weighted by molar-refractivity contribution is -0.118. The van der Waals surface area contributed by atoms with Crippen molar-refractivity contribution in [3.05, 3.63) is 10.6 Å². The standard InChI is InChI=1S/C7H9Cl2N5O/c1-4(15)10-2-3-11-7-13-5(8)12-6(9)14-7/h2-3H2,1H3,(H,10,15)(H,11,12,13,14). The van der Waals surface area contributed by atoms with Gasteiger partial charge in [-0.1, -0.05) is 0 Å². The largest absolute Gasteiger partial charge is 0.355 e. The van der Waals surface area contributed by atoms with Crippen LogP contribution in [0, 0.1) is 0 Å². The summed E-state index contributed by atoms with van der Waals surface area (Å²) in [5.74, 6) is 0.189. The van der Waals surface area contributed by atoms with Crippen LogP contribution in [0.5, 0.6) is 0 Å². The van der Waals surface area contributed by atoms with Gasteiger partial charge in [0.2, 0.25) is 22.4 Å². The number of nitrogens with one attached hydrogen (secondary N) is 2. The van der Waals surface area contributed by atoms with Crippen molar-refractivity contribution in [1.29, 1.82) is 0 Å². The number of halogens is 2. The van der Waals surface area contributed by atoms with Crippen LogP contribution in [0.4, 0.5) is 5.95 Å². The lowest BCUT2D eigenvalue weighted by Crippen LogP contribution is -2.26. The Morgan fingerprint density at radius 3 is 2.33 bits per heavy atom. The van der Waals surface area contributed by atoms with Crippen LogP contribution in [-0.4, -0.2) is 33.9 Å². The van der Waals surface area contributed by atoms with E-state index in [1.54, 1.807) is 0 Å². The molecular formula is C7H9Cl2N5O. The van der Waals surface area contributed by atoms with Crippen molar-refractivity contribution in [1.82, 2.24) is 20.3 Å². The lowest BCUT2D eigenvalue weighted by Gasteiger charge is -2.04. The number of rotatable bonds is 4. The van der Waals surface area contributed by atoms with Gasteiger partial charge in [0.1, 0.15) is 0 Å². The molecule has 0 aromatic carbocycles. The Balaban J connectivity index is 2.40. The zero-order chi connectivity index (χ0) is 11.3. The van der Waals surface area contributed by atoms with Crippen LogP contribution in [0.25, 0.3) is 0 Å². The van der Waals surface area contributed by atoms with E-state index in [0.29, 0.717) is 13.1 Å². The molecule has 8 heteroatoms. The van der Waals surface area contributed by atoms with E-state index in [4.69, 9.17) is 23.2 Å². The van der Waals surface area contributed by atoms with Crippen molar-refractivity contribution >= 4 is 35.1 Å². The molecule has 0 unspecified atom stereocenters. The van der Waals surface area contributed by atoms with Crippen molar-refractivity contribution < 1.29 is 4.79 Å². The van der Waals surface area contributed by atoms with Crippen molar-refractivity contribution in [2.24, 2.45) is 0 Å². The minimum Gasteiger partial charge on any atom is -0.355 e. The van der Waals surface area contributed by atoms with Crippen LogP contribution in [0.1, 0.15) is 6.92 Å². The zero-order valence-corrected chi connectivity index (χ0v) is 9.43. The average Bonchev–Trinajstić information content (AvgIpc) is 2.10. The molecule has 0 aliphatic heterocycles. The highest BCUT2D eigenvalue weighted by atomic mass is 35.5. The molecule has 0 saturated carbocycles. The predicted octanol–water partition coefficient (Wildman–Crippen LogP) is 0.726. The third-order valence-electron chi connectivity index (χ3n) is 1.36. The normalized spacial score (nSPS) is 9.80. The second kappa shape index (κ2) is 5.67. The molecule has 0 atom stereocenters. The van der Waals surface area contributed by atoms with E-state index in [1.807, 2.05) is 0 Å². The minimum atomic E-state index is -0.0940. The van der Waals surface area contributed by atoms with E-state index in [0.717, 1.165) is 0 Å². The van der Waals surface area contributed by atoms with Crippen LogP contribution in [-0.2, 0) is 4.79 Å².